The van der Waals surface area contributed by atoms with Crippen LogP contribution < -0.4 is 5.32 Å². The van der Waals surface area contributed by atoms with Gasteiger partial charge in [0.2, 0.25) is 0 Å². The molecule has 1 fully saturated rings. The van der Waals surface area contributed by atoms with E-state index in [0.29, 0.717) is 6.54 Å². The maximum atomic E-state index is 5.46. The van der Waals surface area contributed by atoms with E-state index < -0.39 is 0 Å². The van der Waals surface area contributed by atoms with Gasteiger partial charge in [-0.15, -0.1) is 11.3 Å². The summed E-state index contributed by atoms with van der Waals surface area (Å²) in [5, 5.41) is 4.78. The third kappa shape index (κ3) is 3.54. The summed E-state index contributed by atoms with van der Waals surface area (Å²) < 4.78 is 5.46. The highest BCUT2D eigenvalue weighted by atomic mass is 32.1. The molecule has 0 aromatic carbocycles. The average Bonchev–Trinajstić information content (AvgIpc) is 3.28. The molecule has 0 radical (unpaired) electrons. The molecule has 0 amide bonds. The Labute approximate surface area is 162 Å². The molecule has 5 rings (SSSR count). The van der Waals surface area contributed by atoms with Gasteiger partial charge in [0, 0.05) is 24.2 Å². The van der Waals surface area contributed by atoms with Gasteiger partial charge in [-0.05, 0) is 37.0 Å². The zero-order valence-electron chi connectivity index (χ0n) is 15.3. The van der Waals surface area contributed by atoms with Crippen LogP contribution in [0.15, 0.2) is 24.4 Å². The Hall–Kier alpha value is -2.09. The lowest BCUT2D eigenvalue weighted by molar-refractivity contribution is 0.0331. The molecular weight excluding hydrogens is 358 g/mol. The van der Waals surface area contributed by atoms with E-state index in [4.69, 9.17) is 14.7 Å². The van der Waals surface area contributed by atoms with Gasteiger partial charge < -0.3 is 10.1 Å². The second kappa shape index (κ2) is 7.50. The average molecular weight is 382 g/mol. The van der Waals surface area contributed by atoms with Crippen molar-refractivity contribution in [2.24, 2.45) is 0 Å². The second-order valence-electron chi connectivity index (χ2n) is 7.09. The summed E-state index contributed by atoms with van der Waals surface area (Å²) in [6.45, 7) is 4.92. The number of nitrogens with one attached hydrogen (secondary N) is 1. The highest BCUT2D eigenvalue weighted by molar-refractivity contribution is 7.19. The van der Waals surface area contributed by atoms with Gasteiger partial charge in [-0.3, -0.25) is 9.88 Å². The maximum absolute atomic E-state index is 5.46. The molecule has 0 atom stereocenters. The minimum atomic E-state index is 0.675. The van der Waals surface area contributed by atoms with Crippen molar-refractivity contribution in [2.45, 2.75) is 32.4 Å². The van der Waals surface area contributed by atoms with Gasteiger partial charge in [0.15, 0.2) is 0 Å². The van der Waals surface area contributed by atoms with Crippen LogP contribution in [-0.2, 0) is 30.7 Å². The molecule has 3 aromatic rings. The Morgan fingerprint density at radius 3 is 2.93 bits per heavy atom. The minimum Gasteiger partial charge on any atom is -0.379 e. The second-order valence-corrected chi connectivity index (χ2v) is 8.17. The van der Waals surface area contributed by atoms with E-state index in [1.165, 1.54) is 28.7 Å². The normalized spacial score (nSPS) is 17.3. The van der Waals surface area contributed by atoms with E-state index in [2.05, 4.69) is 15.2 Å². The van der Waals surface area contributed by atoms with Crippen molar-refractivity contribution < 1.29 is 4.74 Å². The lowest BCUT2D eigenvalue weighted by Gasteiger charge is -2.25. The van der Waals surface area contributed by atoms with E-state index in [1.807, 2.05) is 35.7 Å². The summed E-state index contributed by atoms with van der Waals surface area (Å²) in [5.41, 5.74) is 2.47. The van der Waals surface area contributed by atoms with Crippen molar-refractivity contribution in [3.8, 4) is 0 Å². The van der Waals surface area contributed by atoms with Gasteiger partial charge in [-0.25, -0.2) is 9.97 Å². The summed E-state index contributed by atoms with van der Waals surface area (Å²) in [4.78, 5) is 19.3. The number of ether oxygens (including phenoxy) is 1. The summed E-state index contributed by atoms with van der Waals surface area (Å²) in [7, 11) is 0. The highest BCUT2D eigenvalue weighted by Gasteiger charge is 2.23. The Bertz CT molecular complexity index is 936. The number of pyridine rings is 1. The summed E-state index contributed by atoms with van der Waals surface area (Å²) >= 11 is 1.85. The van der Waals surface area contributed by atoms with Crippen molar-refractivity contribution in [3.05, 3.63) is 46.4 Å². The Balaban J connectivity index is 1.47. The highest BCUT2D eigenvalue weighted by Crippen LogP contribution is 2.39. The number of thiophene rings is 1. The molecule has 1 saturated heterocycles. The van der Waals surface area contributed by atoms with Crippen molar-refractivity contribution in [3.63, 3.8) is 0 Å². The van der Waals surface area contributed by atoms with E-state index in [1.54, 1.807) is 0 Å². The molecular formula is C20H23N5OS. The van der Waals surface area contributed by atoms with Gasteiger partial charge in [-0.2, -0.15) is 0 Å². The summed E-state index contributed by atoms with van der Waals surface area (Å²) in [6.07, 6.45) is 5.39. The van der Waals surface area contributed by atoms with Crippen LogP contribution in [0.1, 0.15) is 28.4 Å². The maximum Gasteiger partial charge on any atom is 0.146 e. The Morgan fingerprint density at radius 1 is 1.15 bits per heavy atom. The van der Waals surface area contributed by atoms with E-state index >= 15 is 0 Å². The van der Waals surface area contributed by atoms with E-state index in [-0.39, 0.29) is 0 Å². The van der Waals surface area contributed by atoms with Crippen molar-refractivity contribution >= 4 is 27.4 Å². The number of fused-ring (bicyclic) bond motifs is 3. The summed E-state index contributed by atoms with van der Waals surface area (Å²) in [6, 6.07) is 6.00. The number of aromatic nitrogens is 3. The zero-order chi connectivity index (χ0) is 18.1. The molecule has 140 valence electrons. The van der Waals surface area contributed by atoms with Gasteiger partial charge in [0.05, 0.1) is 37.4 Å². The first kappa shape index (κ1) is 17.0. The molecule has 1 N–H and O–H groups in total. The number of anilines is 1. The molecule has 0 saturated carbocycles. The molecule has 1 aliphatic heterocycles. The lowest BCUT2D eigenvalue weighted by atomic mass is 10.2. The number of hydrogen-bond acceptors (Lipinski definition) is 7. The van der Waals surface area contributed by atoms with Gasteiger partial charge in [0.25, 0.3) is 0 Å². The molecule has 4 heterocycles. The van der Waals surface area contributed by atoms with Crippen LogP contribution in [-0.4, -0.2) is 46.2 Å². The first-order valence-electron chi connectivity index (χ1n) is 9.62. The SMILES string of the molecule is c1ccc(CNc2nc(CN3CCOCC3)nc3sc4c(c23)CCC4)nc1. The number of aryl methyl sites for hydroxylation is 2. The quantitative estimate of drug-likeness (QED) is 0.733. The molecule has 3 aromatic heterocycles. The van der Waals surface area contributed by atoms with Gasteiger partial charge >= 0.3 is 0 Å². The number of rotatable bonds is 5. The fourth-order valence-corrected chi connectivity index (χ4v) is 5.15. The fourth-order valence-electron chi connectivity index (χ4n) is 3.87. The fraction of sp³-hybridized carbons (Fsp3) is 0.450. The van der Waals surface area contributed by atoms with Gasteiger partial charge in [0.1, 0.15) is 16.5 Å². The van der Waals surface area contributed by atoms with Crippen molar-refractivity contribution in [2.75, 3.05) is 31.6 Å². The standard InChI is InChI=1S/C20H23N5OS/c1-2-7-21-14(4-1)12-22-19-18-15-5-3-6-16(15)27-20(18)24-17(23-19)13-25-8-10-26-11-9-25/h1-2,4,7H,3,5-6,8-13H2,(H,22,23,24). The van der Waals surface area contributed by atoms with E-state index in [0.717, 1.165) is 61.4 Å². The first-order valence-corrected chi connectivity index (χ1v) is 10.4. The van der Waals surface area contributed by atoms with Crippen molar-refractivity contribution in [1.29, 1.82) is 0 Å². The number of hydrogen-bond donors (Lipinski definition) is 1. The number of morpholine rings is 1. The zero-order valence-corrected chi connectivity index (χ0v) is 16.1. The third-order valence-electron chi connectivity index (χ3n) is 5.24. The molecule has 0 unspecified atom stereocenters. The molecule has 27 heavy (non-hydrogen) atoms. The smallest absolute Gasteiger partial charge is 0.146 e. The first-order chi connectivity index (χ1) is 13.4. The molecule has 0 spiro atoms. The van der Waals surface area contributed by atoms with Crippen LogP contribution in [0.2, 0.25) is 0 Å². The lowest BCUT2D eigenvalue weighted by Crippen LogP contribution is -2.36. The largest absolute Gasteiger partial charge is 0.379 e. The van der Waals surface area contributed by atoms with E-state index in [9.17, 15) is 0 Å². The van der Waals surface area contributed by atoms with Crippen LogP contribution in [0.25, 0.3) is 10.2 Å². The van der Waals surface area contributed by atoms with Crippen LogP contribution in [0, 0.1) is 0 Å². The van der Waals surface area contributed by atoms with Crippen LogP contribution >= 0.6 is 11.3 Å². The topological polar surface area (TPSA) is 63.2 Å². The Kier molecular flexibility index (Phi) is 4.73. The third-order valence-corrected chi connectivity index (χ3v) is 6.43. The predicted octanol–water partition coefficient (Wildman–Crippen LogP) is 3.02. The van der Waals surface area contributed by atoms with Crippen molar-refractivity contribution in [1.82, 2.24) is 19.9 Å². The number of nitrogens with zero attached hydrogens (tertiary/aromatic N) is 4. The molecule has 0 bridgehead atoms. The minimum absolute atomic E-state index is 0.675. The molecule has 6 nitrogen and oxygen atoms in total. The van der Waals surface area contributed by atoms with Crippen LogP contribution in [0.4, 0.5) is 5.82 Å². The van der Waals surface area contributed by atoms with Crippen LogP contribution in [0.3, 0.4) is 0 Å². The molecule has 7 heteroatoms. The summed E-state index contributed by atoms with van der Waals surface area (Å²) in [5.74, 6) is 1.86. The predicted molar refractivity (Wildman–Crippen MR) is 107 cm³/mol. The van der Waals surface area contributed by atoms with Gasteiger partial charge in [-0.1, -0.05) is 6.07 Å². The molecule has 2 aliphatic rings. The monoisotopic (exact) mass is 381 g/mol. The van der Waals surface area contributed by atoms with Crippen LogP contribution in [0.5, 0.6) is 0 Å². The Morgan fingerprint density at radius 2 is 2.07 bits per heavy atom. The molecule has 1 aliphatic carbocycles.